The Hall–Kier alpha value is -3.39. The van der Waals surface area contributed by atoms with Crippen molar-refractivity contribution in [2.24, 2.45) is 17.6 Å². The van der Waals surface area contributed by atoms with Gasteiger partial charge in [-0.05, 0) is 50.6 Å². The zero-order chi connectivity index (χ0) is 26.9. The number of phenolic OH excluding ortho intramolecular Hbond substituents is 1. The van der Waals surface area contributed by atoms with Gasteiger partial charge in [0.15, 0.2) is 11.4 Å². The van der Waals surface area contributed by atoms with Crippen LogP contribution in [-0.2, 0) is 20.8 Å². The van der Waals surface area contributed by atoms with Gasteiger partial charge in [0.25, 0.3) is 5.91 Å². The fourth-order valence-corrected chi connectivity index (χ4v) is 6.13. The molecule has 0 bridgehead atoms. The summed E-state index contributed by atoms with van der Waals surface area (Å²) in [6.07, 6.45) is 0.265. The maximum absolute atomic E-state index is 13.8. The highest BCUT2D eigenvalue weighted by atomic mass is 28.3. The van der Waals surface area contributed by atoms with Crippen molar-refractivity contribution in [3.05, 3.63) is 45.7 Å². The van der Waals surface area contributed by atoms with Gasteiger partial charge in [-0.15, -0.1) is 5.54 Å². The van der Waals surface area contributed by atoms with E-state index >= 15 is 0 Å². The molecule has 1 amide bonds. The van der Waals surface area contributed by atoms with Gasteiger partial charge in [-0.25, -0.2) is 0 Å². The monoisotopic (exact) mass is 510 g/mol. The molecular weight excluding hydrogens is 480 g/mol. The minimum Gasteiger partial charge on any atom is -0.508 e. The lowest BCUT2D eigenvalue weighted by Gasteiger charge is -2.50. The van der Waals surface area contributed by atoms with Gasteiger partial charge in [0.2, 0.25) is 5.78 Å². The summed E-state index contributed by atoms with van der Waals surface area (Å²) in [7, 11) is 1.38. The molecule has 6 N–H and O–H groups in total. The maximum atomic E-state index is 13.8. The summed E-state index contributed by atoms with van der Waals surface area (Å²) in [5.74, 6) is -3.50. The predicted octanol–water partition coefficient (Wildman–Crippen LogP) is 1.19. The normalized spacial score (nSPS) is 27.8. The van der Waals surface area contributed by atoms with Crippen molar-refractivity contribution in [2.45, 2.75) is 44.1 Å². The molecule has 1 fully saturated rings. The van der Waals surface area contributed by atoms with Crippen LogP contribution in [0.15, 0.2) is 29.0 Å². The first kappa shape index (κ1) is 25.7. The number of aliphatic hydroxyl groups excluding tert-OH is 2. The third-order valence-electron chi connectivity index (χ3n) is 7.18. The summed E-state index contributed by atoms with van der Waals surface area (Å²) in [6.45, 7) is 6.26. The number of aliphatic hydroxyl groups is 3. The molecule has 10 heteroatoms. The number of aromatic hydroxyl groups is 1. The number of phenols is 1. The molecule has 4 unspecified atom stereocenters. The van der Waals surface area contributed by atoms with Gasteiger partial charge in [0, 0.05) is 17.1 Å². The third-order valence-corrected chi connectivity index (χ3v) is 8.05. The second-order valence-electron chi connectivity index (χ2n) is 10.9. The van der Waals surface area contributed by atoms with Crippen molar-refractivity contribution in [3.8, 4) is 17.2 Å². The third kappa shape index (κ3) is 3.66. The molecular formula is C26H30N2O7Si. The first-order valence-electron chi connectivity index (χ1n) is 11.6. The number of amides is 1. The number of ketones is 2. The quantitative estimate of drug-likeness (QED) is 0.225. The van der Waals surface area contributed by atoms with E-state index in [0.717, 1.165) is 0 Å². The van der Waals surface area contributed by atoms with Crippen LogP contribution in [0.25, 0.3) is 5.76 Å². The van der Waals surface area contributed by atoms with Crippen molar-refractivity contribution >= 4 is 31.3 Å². The lowest BCUT2D eigenvalue weighted by Crippen LogP contribution is -2.65. The number of benzene rings is 1. The van der Waals surface area contributed by atoms with Gasteiger partial charge in [-0.1, -0.05) is 25.6 Å². The Kier molecular flexibility index (Phi) is 5.95. The molecule has 4 rings (SSSR count). The van der Waals surface area contributed by atoms with E-state index in [4.69, 9.17) is 5.73 Å². The van der Waals surface area contributed by atoms with E-state index in [0.29, 0.717) is 11.1 Å². The summed E-state index contributed by atoms with van der Waals surface area (Å²) in [6, 6.07) is 1.94. The molecule has 190 valence electrons. The Labute approximate surface area is 209 Å². The van der Waals surface area contributed by atoms with Crippen LogP contribution >= 0.6 is 0 Å². The van der Waals surface area contributed by atoms with E-state index in [2.05, 4.69) is 31.1 Å². The number of hydrogen-bond donors (Lipinski definition) is 5. The Balaban J connectivity index is 1.96. The predicted molar refractivity (Wildman–Crippen MR) is 134 cm³/mol. The summed E-state index contributed by atoms with van der Waals surface area (Å²) in [5, 5.41) is 44.3. The summed E-state index contributed by atoms with van der Waals surface area (Å²) in [4.78, 5) is 40.4. The number of likely N-dealkylation sites (N-methyl/N-ethyl adjacent to an activating group) is 1. The van der Waals surface area contributed by atoms with E-state index in [1.807, 2.05) is 0 Å². The summed E-state index contributed by atoms with van der Waals surface area (Å²) in [5.41, 5.74) is 6.20. The number of primary amides is 1. The van der Waals surface area contributed by atoms with Crippen molar-refractivity contribution in [2.75, 3.05) is 14.1 Å². The lowest BCUT2D eigenvalue weighted by atomic mass is 9.57. The zero-order valence-corrected chi connectivity index (χ0v) is 21.8. The number of fused-ring (bicyclic) bond motifs is 3. The number of carbonyl (C=O) groups excluding carboxylic acids is 3. The van der Waals surface area contributed by atoms with Crippen LogP contribution in [0.2, 0.25) is 19.6 Å². The number of carbonyl (C=O) groups is 3. The van der Waals surface area contributed by atoms with E-state index in [1.165, 1.54) is 11.0 Å². The van der Waals surface area contributed by atoms with Crippen LogP contribution in [0.1, 0.15) is 23.1 Å². The SMILES string of the molecule is CN(C)C1C(=O)C(C(N)=O)=C(O)C2(O)C(=O)C3=C(O)c4c(O)ccc(C#C[Si](C)(C)C)c4CC3CC12. The fraction of sp³-hybridized carbons (Fsp3) is 0.423. The Morgan fingerprint density at radius 2 is 1.81 bits per heavy atom. The highest BCUT2D eigenvalue weighted by Gasteiger charge is 2.64. The molecule has 0 aliphatic heterocycles. The molecule has 0 saturated heterocycles. The molecule has 9 nitrogen and oxygen atoms in total. The van der Waals surface area contributed by atoms with Crippen molar-refractivity contribution in [1.82, 2.24) is 4.90 Å². The molecule has 0 heterocycles. The number of hydrogen-bond acceptors (Lipinski definition) is 8. The fourth-order valence-electron chi connectivity index (χ4n) is 5.62. The van der Waals surface area contributed by atoms with Crippen LogP contribution in [0.5, 0.6) is 5.75 Å². The molecule has 1 aromatic rings. The smallest absolute Gasteiger partial charge is 0.255 e. The minimum absolute atomic E-state index is 0.0440. The molecule has 1 aromatic carbocycles. The topological polar surface area (TPSA) is 161 Å². The molecule has 36 heavy (non-hydrogen) atoms. The van der Waals surface area contributed by atoms with Crippen molar-refractivity contribution in [3.63, 3.8) is 0 Å². The second kappa shape index (κ2) is 8.33. The number of Topliss-reactive ketones (excluding diaryl/α,β-unsaturated/α-hetero) is 2. The molecule has 3 aliphatic carbocycles. The number of nitrogens with zero attached hydrogens (tertiary/aromatic N) is 1. The van der Waals surface area contributed by atoms with Crippen LogP contribution in [-0.4, -0.2) is 76.6 Å². The van der Waals surface area contributed by atoms with Crippen LogP contribution in [0, 0.1) is 23.3 Å². The van der Waals surface area contributed by atoms with Gasteiger partial charge in [0.1, 0.15) is 30.9 Å². The average molecular weight is 511 g/mol. The van der Waals surface area contributed by atoms with Crippen LogP contribution in [0.3, 0.4) is 0 Å². The van der Waals surface area contributed by atoms with E-state index in [9.17, 15) is 34.8 Å². The lowest BCUT2D eigenvalue weighted by molar-refractivity contribution is -0.153. The van der Waals surface area contributed by atoms with E-state index in [-0.39, 0.29) is 29.7 Å². The van der Waals surface area contributed by atoms with Crippen LogP contribution in [0.4, 0.5) is 0 Å². The van der Waals surface area contributed by atoms with Gasteiger partial charge in [-0.3, -0.25) is 19.3 Å². The highest BCUT2D eigenvalue weighted by molar-refractivity contribution is 6.83. The molecule has 4 atom stereocenters. The summed E-state index contributed by atoms with van der Waals surface area (Å²) < 4.78 is 0. The molecule has 1 saturated carbocycles. The zero-order valence-electron chi connectivity index (χ0n) is 20.8. The minimum atomic E-state index is -2.64. The summed E-state index contributed by atoms with van der Waals surface area (Å²) >= 11 is 0. The highest BCUT2D eigenvalue weighted by Crippen LogP contribution is 2.52. The Morgan fingerprint density at radius 1 is 1.17 bits per heavy atom. The van der Waals surface area contributed by atoms with Gasteiger partial charge in [0.05, 0.1) is 11.6 Å². The van der Waals surface area contributed by atoms with Gasteiger partial charge >= 0.3 is 0 Å². The van der Waals surface area contributed by atoms with E-state index in [1.54, 1.807) is 20.2 Å². The largest absolute Gasteiger partial charge is 0.508 e. The van der Waals surface area contributed by atoms with Crippen molar-refractivity contribution < 1.29 is 34.8 Å². The van der Waals surface area contributed by atoms with Gasteiger partial charge in [-0.2, -0.15) is 0 Å². The average Bonchev–Trinajstić information content (AvgIpc) is 2.74. The van der Waals surface area contributed by atoms with Gasteiger partial charge < -0.3 is 26.2 Å². The Bertz CT molecular complexity index is 1340. The first-order chi connectivity index (χ1) is 16.6. The number of nitrogens with two attached hydrogens (primary N) is 1. The standard InChI is InChI=1S/C26H30N2O7Si/c1-28(2)20-15-11-13-10-14-12(8-9-36(3,4)5)6-7-16(29)18(14)21(30)17(13)23(32)26(15,35)24(33)19(22(20)31)25(27)34/h6-7,13,15,20,29-30,33,35H,10-11H2,1-5H3,(H2,27,34). The second-order valence-corrected chi connectivity index (χ2v) is 15.7. The molecule has 0 spiro atoms. The van der Waals surface area contributed by atoms with Crippen molar-refractivity contribution in [1.29, 1.82) is 0 Å². The molecule has 3 aliphatic rings. The van der Waals surface area contributed by atoms with E-state index < -0.39 is 66.1 Å². The van der Waals surface area contributed by atoms with Crippen LogP contribution < -0.4 is 5.73 Å². The molecule has 0 aromatic heterocycles. The first-order valence-corrected chi connectivity index (χ1v) is 15.1. The Morgan fingerprint density at radius 3 is 2.36 bits per heavy atom. The maximum Gasteiger partial charge on any atom is 0.255 e. The molecule has 0 radical (unpaired) electrons. The number of rotatable bonds is 2.